The van der Waals surface area contributed by atoms with Gasteiger partial charge in [-0.15, -0.1) is 0 Å². The minimum atomic E-state index is -3.21. The Labute approximate surface area is 144 Å². The largest absolute Gasteiger partial charge is 0.322 e. The van der Waals surface area contributed by atoms with E-state index in [4.69, 9.17) is 0 Å². The lowest BCUT2D eigenvalue weighted by molar-refractivity contribution is 0.166. The summed E-state index contributed by atoms with van der Waals surface area (Å²) in [5.74, 6) is 0.639. The van der Waals surface area contributed by atoms with Crippen molar-refractivity contribution in [3.05, 3.63) is 24.3 Å². The molecule has 1 heterocycles. The number of nitrogens with one attached hydrogen (secondary N) is 1. The van der Waals surface area contributed by atoms with E-state index < -0.39 is 9.84 Å². The molecule has 1 unspecified atom stereocenters. The monoisotopic (exact) mass is 350 g/mol. The molecule has 1 atom stereocenters. The van der Waals surface area contributed by atoms with Gasteiger partial charge in [-0.05, 0) is 55.9 Å². The highest BCUT2D eigenvalue weighted by atomic mass is 32.2. The van der Waals surface area contributed by atoms with E-state index in [1.807, 2.05) is 4.90 Å². The Morgan fingerprint density at radius 3 is 2.33 bits per heavy atom. The maximum absolute atomic E-state index is 12.6. The highest BCUT2D eigenvalue weighted by Gasteiger charge is 2.35. The van der Waals surface area contributed by atoms with E-state index in [-0.39, 0.29) is 10.9 Å². The zero-order valence-electron chi connectivity index (χ0n) is 14.2. The van der Waals surface area contributed by atoms with Gasteiger partial charge < -0.3 is 10.2 Å². The molecule has 0 radical (unpaired) electrons. The Kier molecular flexibility index (Phi) is 5.13. The maximum Gasteiger partial charge on any atom is 0.322 e. The number of hydrogen-bond acceptors (Lipinski definition) is 3. The number of carbonyl (C=O) groups is 1. The summed E-state index contributed by atoms with van der Waals surface area (Å²) in [6.45, 7) is 0.814. The number of sulfone groups is 1. The molecular weight excluding hydrogens is 324 g/mol. The van der Waals surface area contributed by atoms with Crippen LogP contribution in [0.3, 0.4) is 0 Å². The Hall–Kier alpha value is -1.56. The molecule has 1 aromatic carbocycles. The summed E-state index contributed by atoms with van der Waals surface area (Å²) in [4.78, 5) is 14.9. The molecule has 2 fully saturated rings. The predicted octanol–water partition coefficient (Wildman–Crippen LogP) is 3.67. The summed E-state index contributed by atoms with van der Waals surface area (Å²) in [6.07, 6.45) is 9.70. The average molecular weight is 350 g/mol. The molecule has 1 aromatic rings. The molecule has 5 nitrogen and oxygen atoms in total. The number of nitrogens with zero attached hydrogens (tertiary/aromatic N) is 1. The fraction of sp³-hybridized carbons (Fsp3) is 0.611. The highest BCUT2D eigenvalue weighted by molar-refractivity contribution is 7.90. The fourth-order valence-corrected chi connectivity index (χ4v) is 4.66. The van der Waals surface area contributed by atoms with Gasteiger partial charge in [0.25, 0.3) is 0 Å². The number of rotatable bonds is 3. The molecule has 2 amide bonds. The van der Waals surface area contributed by atoms with Gasteiger partial charge in [0, 0.05) is 24.5 Å². The van der Waals surface area contributed by atoms with Gasteiger partial charge in [0.15, 0.2) is 9.84 Å². The Morgan fingerprint density at radius 2 is 1.71 bits per heavy atom. The van der Waals surface area contributed by atoms with Crippen molar-refractivity contribution in [2.24, 2.45) is 5.92 Å². The summed E-state index contributed by atoms with van der Waals surface area (Å²) < 4.78 is 23.0. The minimum Gasteiger partial charge on any atom is -0.321 e. The van der Waals surface area contributed by atoms with Crippen LogP contribution in [-0.4, -0.2) is 38.2 Å². The summed E-state index contributed by atoms with van der Waals surface area (Å²) >= 11 is 0. The van der Waals surface area contributed by atoms with Crippen molar-refractivity contribution in [3.63, 3.8) is 0 Å². The molecule has 1 N–H and O–H groups in total. The normalized spacial score (nSPS) is 22.5. The fourth-order valence-electron chi connectivity index (χ4n) is 4.03. The Morgan fingerprint density at radius 1 is 1.04 bits per heavy atom. The van der Waals surface area contributed by atoms with Crippen LogP contribution >= 0.6 is 0 Å². The van der Waals surface area contributed by atoms with Crippen molar-refractivity contribution < 1.29 is 13.2 Å². The van der Waals surface area contributed by atoms with Crippen molar-refractivity contribution in [1.29, 1.82) is 0 Å². The van der Waals surface area contributed by atoms with E-state index in [1.165, 1.54) is 50.5 Å². The van der Waals surface area contributed by atoms with Gasteiger partial charge in [-0.3, -0.25) is 0 Å². The van der Waals surface area contributed by atoms with E-state index in [0.717, 1.165) is 19.4 Å². The van der Waals surface area contributed by atoms with Crippen LogP contribution in [0.5, 0.6) is 0 Å². The van der Waals surface area contributed by atoms with Crippen LogP contribution in [0.4, 0.5) is 10.5 Å². The van der Waals surface area contributed by atoms with Crippen LogP contribution in [0.25, 0.3) is 0 Å². The van der Waals surface area contributed by atoms with Crippen molar-refractivity contribution in [3.8, 4) is 0 Å². The number of likely N-dealkylation sites (tertiary alicyclic amines) is 1. The van der Waals surface area contributed by atoms with Gasteiger partial charge in [0.2, 0.25) is 0 Å². The van der Waals surface area contributed by atoms with E-state index in [2.05, 4.69) is 5.32 Å². The van der Waals surface area contributed by atoms with Crippen molar-refractivity contribution in [2.45, 2.75) is 55.9 Å². The van der Waals surface area contributed by atoms with Gasteiger partial charge in [-0.2, -0.15) is 0 Å². The third-order valence-electron chi connectivity index (χ3n) is 5.29. The van der Waals surface area contributed by atoms with Crippen LogP contribution in [0.15, 0.2) is 29.2 Å². The number of benzene rings is 1. The molecule has 3 rings (SSSR count). The van der Waals surface area contributed by atoms with Crippen molar-refractivity contribution in [2.75, 3.05) is 18.1 Å². The molecule has 2 aliphatic rings. The smallest absolute Gasteiger partial charge is 0.321 e. The molecule has 1 aliphatic carbocycles. The highest BCUT2D eigenvalue weighted by Crippen LogP contribution is 2.34. The minimum absolute atomic E-state index is 0.0600. The second kappa shape index (κ2) is 7.13. The van der Waals surface area contributed by atoms with E-state index in [0.29, 0.717) is 17.6 Å². The third kappa shape index (κ3) is 3.91. The van der Waals surface area contributed by atoms with Crippen LogP contribution < -0.4 is 5.32 Å². The maximum atomic E-state index is 12.6. The van der Waals surface area contributed by atoms with Crippen molar-refractivity contribution in [1.82, 2.24) is 4.90 Å². The number of amides is 2. The van der Waals surface area contributed by atoms with Crippen molar-refractivity contribution >= 4 is 21.6 Å². The molecule has 0 bridgehead atoms. The predicted molar refractivity (Wildman–Crippen MR) is 94.9 cm³/mol. The lowest BCUT2D eigenvalue weighted by Crippen LogP contribution is -2.43. The van der Waals surface area contributed by atoms with Crippen LogP contribution in [0, 0.1) is 5.92 Å². The molecule has 0 spiro atoms. The topological polar surface area (TPSA) is 66.5 Å². The van der Waals surface area contributed by atoms with Gasteiger partial charge in [0.05, 0.1) is 4.90 Å². The van der Waals surface area contributed by atoms with Crippen LogP contribution in [-0.2, 0) is 9.84 Å². The molecule has 6 heteroatoms. The number of anilines is 1. The third-order valence-corrected chi connectivity index (χ3v) is 6.42. The standard InChI is InChI=1S/C18H26N2O3S/c1-24(22,23)16-11-9-15(10-12-16)19-18(21)20-13-5-8-17(20)14-6-3-2-4-7-14/h9-12,14,17H,2-8,13H2,1H3,(H,19,21). The second-order valence-electron chi connectivity index (χ2n) is 7.03. The summed E-state index contributed by atoms with van der Waals surface area (Å²) in [5, 5.41) is 2.92. The SMILES string of the molecule is CS(=O)(=O)c1ccc(NC(=O)N2CCCC2C2CCCCC2)cc1. The lowest BCUT2D eigenvalue weighted by atomic mass is 9.83. The van der Waals surface area contributed by atoms with Gasteiger partial charge in [-0.1, -0.05) is 19.3 Å². The van der Waals surface area contributed by atoms with Gasteiger partial charge >= 0.3 is 6.03 Å². The number of hydrogen-bond donors (Lipinski definition) is 1. The molecular formula is C18H26N2O3S. The second-order valence-corrected chi connectivity index (χ2v) is 9.04. The van der Waals surface area contributed by atoms with Crippen LogP contribution in [0.2, 0.25) is 0 Å². The van der Waals surface area contributed by atoms with E-state index in [1.54, 1.807) is 12.1 Å². The molecule has 0 aromatic heterocycles. The van der Waals surface area contributed by atoms with E-state index in [9.17, 15) is 13.2 Å². The summed E-state index contributed by atoms with van der Waals surface area (Å²) in [6, 6.07) is 6.68. The molecule has 24 heavy (non-hydrogen) atoms. The number of carbonyl (C=O) groups excluding carboxylic acids is 1. The zero-order valence-corrected chi connectivity index (χ0v) is 15.0. The zero-order chi connectivity index (χ0) is 17.2. The molecule has 1 aliphatic heterocycles. The first-order valence-electron chi connectivity index (χ1n) is 8.83. The number of urea groups is 1. The van der Waals surface area contributed by atoms with E-state index >= 15 is 0 Å². The molecule has 1 saturated heterocycles. The quantitative estimate of drug-likeness (QED) is 0.904. The lowest BCUT2D eigenvalue weighted by Gasteiger charge is -2.34. The molecule has 1 saturated carbocycles. The van der Waals surface area contributed by atoms with Crippen LogP contribution in [0.1, 0.15) is 44.9 Å². The first-order valence-corrected chi connectivity index (χ1v) is 10.7. The Bertz CT molecular complexity index is 679. The molecule has 132 valence electrons. The first-order chi connectivity index (χ1) is 11.4. The summed E-state index contributed by atoms with van der Waals surface area (Å²) in [5.41, 5.74) is 0.640. The van der Waals surface area contributed by atoms with Gasteiger partial charge in [-0.25, -0.2) is 13.2 Å². The first kappa shape index (κ1) is 17.3. The van der Waals surface area contributed by atoms with Gasteiger partial charge in [0.1, 0.15) is 0 Å². The Balaban J connectivity index is 1.65. The average Bonchev–Trinajstić information content (AvgIpc) is 3.05. The summed E-state index contributed by atoms with van der Waals surface area (Å²) in [7, 11) is -3.21.